The lowest BCUT2D eigenvalue weighted by Crippen LogP contribution is -2.88. The molecule has 0 saturated carbocycles. The van der Waals surface area contributed by atoms with Crippen LogP contribution in [0.2, 0.25) is 0 Å². The molecule has 22 heavy (non-hydrogen) atoms. The monoisotopic (exact) mass is 300 g/mol. The first-order chi connectivity index (χ1) is 10.7. The van der Waals surface area contributed by atoms with Crippen molar-refractivity contribution in [1.82, 2.24) is 5.16 Å². The Morgan fingerprint density at radius 3 is 2.91 bits per heavy atom. The van der Waals surface area contributed by atoms with Crippen LogP contribution in [0.15, 0.2) is 40.9 Å². The van der Waals surface area contributed by atoms with E-state index in [1.165, 1.54) is 0 Å². The quantitative estimate of drug-likeness (QED) is 0.856. The molecule has 5 heteroatoms. The molecular formula is C17H20N2O3. The molecule has 1 aromatic heterocycles. The summed E-state index contributed by atoms with van der Waals surface area (Å²) >= 11 is 0. The first kappa shape index (κ1) is 14.8. The van der Waals surface area contributed by atoms with Gasteiger partial charge in [0.15, 0.2) is 5.76 Å². The minimum atomic E-state index is -0.956. The van der Waals surface area contributed by atoms with Crippen LogP contribution in [0.5, 0.6) is 0 Å². The summed E-state index contributed by atoms with van der Waals surface area (Å²) in [5, 5.41) is 17.3. The maximum atomic E-state index is 10.9. The van der Waals surface area contributed by atoms with Gasteiger partial charge in [0.1, 0.15) is 0 Å². The summed E-state index contributed by atoms with van der Waals surface area (Å²) in [6.45, 7) is 1.92. The number of benzene rings is 1. The molecule has 0 spiro atoms. The Balaban J connectivity index is 1.69. The molecule has 0 radical (unpaired) electrons. The normalized spacial score (nSPS) is 21.6. The molecule has 5 nitrogen and oxygen atoms in total. The molecule has 1 saturated heterocycles. The largest absolute Gasteiger partial charge is 0.550 e. The van der Waals surface area contributed by atoms with Gasteiger partial charge >= 0.3 is 0 Å². The number of carboxylic acid groups (broad SMARTS) is 1. The van der Waals surface area contributed by atoms with Crippen LogP contribution in [0, 0.1) is 11.8 Å². The highest BCUT2D eigenvalue weighted by atomic mass is 16.5. The molecule has 0 amide bonds. The Morgan fingerprint density at radius 2 is 2.14 bits per heavy atom. The fourth-order valence-corrected chi connectivity index (χ4v) is 3.24. The van der Waals surface area contributed by atoms with E-state index in [9.17, 15) is 9.90 Å². The number of carbonyl (C=O) groups is 1. The van der Waals surface area contributed by atoms with Gasteiger partial charge in [0.25, 0.3) is 0 Å². The fraction of sp³-hybridized carbons (Fsp3) is 0.412. The predicted molar refractivity (Wildman–Crippen MR) is 78.5 cm³/mol. The van der Waals surface area contributed by atoms with Gasteiger partial charge in [-0.05, 0) is 12.3 Å². The summed E-state index contributed by atoms with van der Waals surface area (Å²) in [6, 6.07) is 11.8. The average Bonchev–Trinajstić information content (AvgIpc) is 2.98. The van der Waals surface area contributed by atoms with Crippen molar-refractivity contribution in [1.29, 1.82) is 0 Å². The van der Waals surface area contributed by atoms with E-state index in [1.807, 2.05) is 36.4 Å². The summed E-state index contributed by atoms with van der Waals surface area (Å²) in [4.78, 5) is 10.9. The Morgan fingerprint density at radius 1 is 1.32 bits per heavy atom. The second kappa shape index (κ2) is 6.75. The zero-order valence-corrected chi connectivity index (χ0v) is 12.4. The number of aliphatic carboxylic acids is 1. The number of aromatic nitrogens is 1. The fourth-order valence-electron chi connectivity index (χ4n) is 3.24. The number of rotatable bonds is 5. The van der Waals surface area contributed by atoms with Crippen molar-refractivity contribution in [3.63, 3.8) is 0 Å². The SMILES string of the molecule is O=C([O-])C[C@@H]1CC[NH2+]C[C@@H]1Cc1cc(-c2ccccc2)on1. The van der Waals surface area contributed by atoms with Crippen LogP contribution in [-0.2, 0) is 11.2 Å². The molecule has 2 aromatic rings. The third-order valence-corrected chi connectivity index (χ3v) is 4.40. The summed E-state index contributed by atoms with van der Waals surface area (Å²) in [7, 11) is 0. The number of hydrogen-bond donors (Lipinski definition) is 1. The molecule has 1 aliphatic heterocycles. The third-order valence-electron chi connectivity index (χ3n) is 4.40. The first-order valence-corrected chi connectivity index (χ1v) is 7.75. The van der Waals surface area contributed by atoms with Gasteiger partial charge in [0.2, 0.25) is 0 Å². The van der Waals surface area contributed by atoms with Gasteiger partial charge < -0.3 is 19.7 Å². The molecular weight excluding hydrogens is 280 g/mol. The minimum Gasteiger partial charge on any atom is -0.550 e. The number of hydrogen-bond acceptors (Lipinski definition) is 4. The predicted octanol–water partition coefficient (Wildman–Crippen LogP) is 0.224. The second-order valence-electron chi connectivity index (χ2n) is 5.95. The molecule has 0 unspecified atom stereocenters. The van der Waals surface area contributed by atoms with Crippen molar-refractivity contribution < 1.29 is 19.7 Å². The highest BCUT2D eigenvalue weighted by Gasteiger charge is 2.28. The molecule has 1 aromatic carbocycles. The van der Waals surface area contributed by atoms with E-state index in [-0.39, 0.29) is 12.3 Å². The van der Waals surface area contributed by atoms with E-state index in [2.05, 4.69) is 10.5 Å². The lowest BCUT2D eigenvalue weighted by Gasteiger charge is -2.29. The highest BCUT2D eigenvalue weighted by molar-refractivity contribution is 5.64. The van der Waals surface area contributed by atoms with Gasteiger partial charge in [-0.3, -0.25) is 0 Å². The van der Waals surface area contributed by atoms with Gasteiger partial charge in [0, 0.05) is 36.4 Å². The number of carboxylic acids is 1. The van der Waals surface area contributed by atoms with Gasteiger partial charge in [0.05, 0.1) is 18.8 Å². The number of nitrogens with two attached hydrogens (primary N) is 1. The number of piperidine rings is 1. The van der Waals surface area contributed by atoms with Crippen molar-refractivity contribution in [2.45, 2.75) is 19.3 Å². The molecule has 0 aliphatic carbocycles. The summed E-state index contributed by atoms with van der Waals surface area (Å²) in [5.41, 5.74) is 1.89. The lowest BCUT2D eigenvalue weighted by molar-refractivity contribution is -0.672. The third kappa shape index (κ3) is 3.54. The molecule has 3 rings (SSSR count). The van der Waals surface area contributed by atoms with E-state index in [0.29, 0.717) is 5.92 Å². The van der Waals surface area contributed by atoms with Gasteiger partial charge in [-0.2, -0.15) is 0 Å². The standard InChI is InChI=1S/C17H20N2O3/c20-17(21)9-13-6-7-18-11-14(13)8-15-10-16(22-19-15)12-4-2-1-3-5-12/h1-5,10,13-14,18H,6-9,11H2,(H,20,21)/t13-,14-/m0/s1. The van der Waals surface area contributed by atoms with Crippen LogP contribution in [0.25, 0.3) is 11.3 Å². The topological polar surface area (TPSA) is 82.8 Å². The lowest BCUT2D eigenvalue weighted by atomic mass is 9.81. The van der Waals surface area contributed by atoms with Crippen molar-refractivity contribution in [2.75, 3.05) is 13.1 Å². The van der Waals surface area contributed by atoms with E-state index in [4.69, 9.17) is 4.52 Å². The zero-order valence-electron chi connectivity index (χ0n) is 12.4. The van der Waals surface area contributed by atoms with Gasteiger partial charge in [-0.15, -0.1) is 0 Å². The molecule has 2 N–H and O–H groups in total. The van der Waals surface area contributed by atoms with Crippen LogP contribution in [0.4, 0.5) is 0 Å². The maximum absolute atomic E-state index is 10.9. The van der Waals surface area contributed by atoms with Crippen molar-refractivity contribution in [3.8, 4) is 11.3 Å². The Hall–Kier alpha value is -2.14. The Kier molecular flexibility index (Phi) is 4.53. The van der Waals surface area contributed by atoms with Crippen molar-refractivity contribution in [2.24, 2.45) is 11.8 Å². The van der Waals surface area contributed by atoms with Gasteiger partial charge in [-0.1, -0.05) is 35.5 Å². The zero-order chi connectivity index (χ0) is 15.4. The second-order valence-corrected chi connectivity index (χ2v) is 5.95. The van der Waals surface area contributed by atoms with Crippen molar-refractivity contribution in [3.05, 3.63) is 42.1 Å². The summed E-state index contributed by atoms with van der Waals surface area (Å²) in [5.74, 6) is 0.279. The first-order valence-electron chi connectivity index (χ1n) is 7.75. The average molecular weight is 300 g/mol. The van der Waals surface area contributed by atoms with Crippen LogP contribution in [-0.4, -0.2) is 24.2 Å². The molecule has 1 aliphatic rings. The molecule has 2 atom stereocenters. The number of carbonyl (C=O) groups excluding carboxylic acids is 1. The number of nitrogens with zero attached hydrogens (tertiary/aromatic N) is 1. The molecule has 1 fully saturated rings. The van der Waals surface area contributed by atoms with Crippen LogP contribution in [0.3, 0.4) is 0 Å². The molecule has 0 bridgehead atoms. The van der Waals surface area contributed by atoms with Crippen LogP contribution >= 0.6 is 0 Å². The number of quaternary nitrogens is 1. The molecule has 2 heterocycles. The van der Waals surface area contributed by atoms with E-state index >= 15 is 0 Å². The van der Waals surface area contributed by atoms with Gasteiger partial charge in [-0.25, -0.2) is 0 Å². The molecule has 116 valence electrons. The van der Waals surface area contributed by atoms with Crippen molar-refractivity contribution >= 4 is 5.97 Å². The maximum Gasteiger partial charge on any atom is 0.167 e. The Labute approximate surface area is 129 Å². The minimum absolute atomic E-state index is 0.141. The van der Waals surface area contributed by atoms with Crippen LogP contribution < -0.4 is 10.4 Å². The van der Waals surface area contributed by atoms with E-state index in [0.717, 1.165) is 42.9 Å². The summed E-state index contributed by atoms with van der Waals surface area (Å²) < 4.78 is 5.42. The highest BCUT2D eigenvalue weighted by Crippen LogP contribution is 2.26. The van der Waals surface area contributed by atoms with Crippen LogP contribution in [0.1, 0.15) is 18.5 Å². The Bertz CT molecular complexity index is 624. The van der Waals surface area contributed by atoms with E-state index < -0.39 is 5.97 Å². The summed E-state index contributed by atoms with van der Waals surface area (Å²) in [6.07, 6.45) is 1.81. The van der Waals surface area contributed by atoms with E-state index in [1.54, 1.807) is 0 Å². The smallest absolute Gasteiger partial charge is 0.167 e.